The van der Waals surface area contributed by atoms with E-state index in [4.69, 9.17) is 0 Å². The molecule has 2 aliphatic rings. The summed E-state index contributed by atoms with van der Waals surface area (Å²) in [4.78, 5) is 6.10. The van der Waals surface area contributed by atoms with Crippen molar-refractivity contribution >= 4 is 44.0 Å². The molecule has 1 aromatic carbocycles. The molecule has 8 heteroatoms. The van der Waals surface area contributed by atoms with Gasteiger partial charge < -0.3 is 15.1 Å². The number of fused-ring (bicyclic) bond motifs is 2. The van der Waals surface area contributed by atoms with Crippen LogP contribution < -0.4 is 10.2 Å². The van der Waals surface area contributed by atoms with Gasteiger partial charge in [-0.3, -0.25) is 4.68 Å². The fourth-order valence-electron chi connectivity index (χ4n) is 4.10. The van der Waals surface area contributed by atoms with Crippen LogP contribution in [0, 0.1) is 5.82 Å². The minimum absolute atomic E-state index is 0.0445. The van der Waals surface area contributed by atoms with Crippen molar-refractivity contribution in [2.75, 3.05) is 37.4 Å². The number of halogens is 1. The maximum absolute atomic E-state index is 14.5. The van der Waals surface area contributed by atoms with Crippen LogP contribution in [0.15, 0.2) is 29.3 Å². The second-order valence-corrected chi connectivity index (χ2v) is 9.99. The summed E-state index contributed by atoms with van der Waals surface area (Å²) in [7, 11) is 6.23. The van der Waals surface area contributed by atoms with Gasteiger partial charge in [-0.15, -0.1) is 0 Å². The lowest BCUT2D eigenvalue weighted by molar-refractivity contribution is 0.253. The van der Waals surface area contributed by atoms with Crippen molar-refractivity contribution in [3.8, 4) is 0 Å². The van der Waals surface area contributed by atoms with Crippen LogP contribution in [0.5, 0.6) is 0 Å². The zero-order valence-electron chi connectivity index (χ0n) is 16.3. The standard InChI is InChI=1S/C20H24FN5S2/c1-24-6-4-14(5-7-24)26(3)17-10-16-20(28-17)22-19(27-16)12-8-13-11-25(2)23-18(13)15(21)9-12/h8-11,14,19,22H,4-7H2,1-3H3. The molecule has 0 saturated carbocycles. The van der Waals surface area contributed by atoms with E-state index in [1.165, 1.54) is 27.7 Å². The van der Waals surface area contributed by atoms with E-state index in [9.17, 15) is 4.39 Å². The smallest absolute Gasteiger partial charge is 0.151 e. The Bertz CT molecular complexity index is 998. The number of anilines is 2. The SMILES string of the molecule is CN1CCC(N(C)c2cc3c(s2)NC(c2cc(F)c4nn(C)cc4c2)S3)CC1. The van der Waals surface area contributed by atoms with Crippen molar-refractivity contribution in [2.45, 2.75) is 29.2 Å². The number of nitrogens with zero attached hydrogens (tertiary/aromatic N) is 4. The van der Waals surface area contributed by atoms with E-state index in [2.05, 4.69) is 40.4 Å². The zero-order valence-corrected chi connectivity index (χ0v) is 17.9. The molecule has 1 atom stereocenters. The summed E-state index contributed by atoms with van der Waals surface area (Å²) in [5.74, 6) is -0.256. The number of rotatable bonds is 3. The van der Waals surface area contributed by atoms with Gasteiger partial charge in [0.05, 0.1) is 5.00 Å². The molecule has 5 rings (SSSR count). The largest absolute Gasteiger partial charge is 0.363 e. The van der Waals surface area contributed by atoms with Crippen molar-refractivity contribution in [2.24, 2.45) is 7.05 Å². The topological polar surface area (TPSA) is 36.3 Å². The second-order valence-electron chi connectivity index (χ2n) is 7.81. The molecule has 3 aromatic rings. The van der Waals surface area contributed by atoms with Gasteiger partial charge in [-0.2, -0.15) is 5.10 Å². The number of thioether (sulfide) groups is 1. The Morgan fingerprint density at radius 3 is 2.75 bits per heavy atom. The van der Waals surface area contributed by atoms with Crippen LogP contribution in [0.4, 0.5) is 14.4 Å². The Balaban J connectivity index is 1.33. The van der Waals surface area contributed by atoms with Gasteiger partial charge in [0.15, 0.2) is 5.82 Å². The summed E-state index contributed by atoms with van der Waals surface area (Å²) < 4.78 is 16.1. The molecule has 1 unspecified atom stereocenters. The molecule has 4 heterocycles. The predicted octanol–water partition coefficient (Wildman–Crippen LogP) is 4.52. The average Bonchev–Trinajstić information content (AvgIpc) is 3.33. The van der Waals surface area contributed by atoms with E-state index in [1.54, 1.807) is 33.8 Å². The molecule has 1 saturated heterocycles. The minimum atomic E-state index is -0.256. The summed E-state index contributed by atoms with van der Waals surface area (Å²) in [6, 6.07) is 6.55. The van der Waals surface area contributed by atoms with Gasteiger partial charge in [-0.25, -0.2) is 4.39 Å². The Morgan fingerprint density at radius 1 is 1.21 bits per heavy atom. The van der Waals surface area contributed by atoms with E-state index in [1.807, 2.05) is 19.3 Å². The predicted molar refractivity (Wildman–Crippen MR) is 116 cm³/mol. The number of aryl methyl sites for hydroxylation is 1. The van der Waals surface area contributed by atoms with Crippen LogP contribution in [0.3, 0.4) is 0 Å². The number of piperidine rings is 1. The molecule has 2 aliphatic heterocycles. The van der Waals surface area contributed by atoms with Gasteiger partial charge in [0.25, 0.3) is 0 Å². The average molecular weight is 418 g/mol. The fraction of sp³-hybridized carbons (Fsp3) is 0.450. The van der Waals surface area contributed by atoms with Crippen molar-refractivity contribution < 1.29 is 4.39 Å². The third-order valence-corrected chi connectivity index (χ3v) is 8.26. The zero-order chi connectivity index (χ0) is 19.4. The van der Waals surface area contributed by atoms with E-state index in [0.717, 1.165) is 24.0 Å². The highest BCUT2D eigenvalue weighted by atomic mass is 32.2. The van der Waals surface area contributed by atoms with Gasteiger partial charge in [0.2, 0.25) is 0 Å². The molecule has 0 bridgehead atoms. The maximum atomic E-state index is 14.5. The van der Waals surface area contributed by atoms with E-state index < -0.39 is 0 Å². The molecular weight excluding hydrogens is 393 g/mol. The normalized spacial score (nSPS) is 20.5. The van der Waals surface area contributed by atoms with Gasteiger partial charge >= 0.3 is 0 Å². The first kappa shape index (κ1) is 18.3. The summed E-state index contributed by atoms with van der Waals surface area (Å²) >= 11 is 3.57. The van der Waals surface area contributed by atoms with E-state index in [-0.39, 0.29) is 11.2 Å². The van der Waals surface area contributed by atoms with Gasteiger partial charge in [-0.05, 0) is 56.7 Å². The minimum Gasteiger partial charge on any atom is -0.363 e. The lowest BCUT2D eigenvalue weighted by atomic mass is 10.0. The Morgan fingerprint density at radius 2 is 2.00 bits per heavy atom. The number of aromatic nitrogens is 2. The van der Waals surface area contributed by atoms with Crippen LogP contribution in [-0.4, -0.2) is 47.9 Å². The van der Waals surface area contributed by atoms with Crippen LogP contribution in [0.2, 0.25) is 0 Å². The van der Waals surface area contributed by atoms with Crippen LogP contribution in [0.25, 0.3) is 10.9 Å². The highest BCUT2D eigenvalue weighted by Crippen LogP contribution is 2.53. The molecule has 1 fully saturated rings. The lowest BCUT2D eigenvalue weighted by Crippen LogP contribution is -2.41. The first-order valence-electron chi connectivity index (χ1n) is 9.59. The molecular formula is C20H24FN5S2. The van der Waals surface area contributed by atoms with Gasteiger partial charge in [-0.1, -0.05) is 23.1 Å². The van der Waals surface area contributed by atoms with Crippen molar-refractivity contribution in [3.05, 3.63) is 35.8 Å². The number of hydrogen-bond acceptors (Lipinski definition) is 6. The Kier molecular flexibility index (Phi) is 4.52. The van der Waals surface area contributed by atoms with Gasteiger partial charge in [0, 0.05) is 36.6 Å². The molecule has 148 valence electrons. The monoisotopic (exact) mass is 417 g/mol. The highest BCUT2D eigenvalue weighted by Gasteiger charge is 2.29. The molecule has 2 aromatic heterocycles. The molecule has 0 spiro atoms. The molecule has 0 radical (unpaired) electrons. The van der Waals surface area contributed by atoms with Gasteiger partial charge in [0.1, 0.15) is 15.9 Å². The molecule has 1 N–H and O–H groups in total. The van der Waals surface area contributed by atoms with E-state index in [0.29, 0.717) is 11.6 Å². The Labute approximate surface area is 172 Å². The second kappa shape index (κ2) is 6.93. The van der Waals surface area contributed by atoms with Crippen molar-refractivity contribution in [1.82, 2.24) is 14.7 Å². The molecule has 0 aliphatic carbocycles. The number of nitrogens with one attached hydrogen (secondary N) is 1. The number of benzene rings is 1. The van der Waals surface area contributed by atoms with Crippen LogP contribution >= 0.6 is 23.1 Å². The number of thiophene rings is 1. The van der Waals surface area contributed by atoms with Crippen LogP contribution in [-0.2, 0) is 7.05 Å². The van der Waals surface area contributed by atoms with Crippen molar-refractivity contribution in [1.29, 1.82) is 0 Å². The highest BCUT2D eigenvalue weighted by molar-refractivity contribution is 8.00. The molecule has 28 heavy (non-hydrogen) atoms. The first-order chi connectivity index (χ1) is 13.5. The third-order valence-electron chi connectivity index (χ3n) is 5.78. The van der Waals surface area contributed by atoms with Crippen molar-refractivity contribution in [3.63, 3.8) is 0 Å². The maximum Gasteiger partial charge on any atom is 0.151 e. The number of likely N-dealkylation sites (tertiary alicyclic amines) is 1. The molecule has 0 amide bonds. The quantitative estimate of drug-likeness (QED) is 0.678. The summed E-state index contributed by atoms with van der Waals surface area (Å²) in [5.41, 5.74) is 1.39. The lowest BCUT2D eigenvalue weighted by Gasteiger charge is -2.35. The van der Waals surface area contributed by atoms with E-state index >= 15 is 0 Å². The summed E-state index contributed by atoms with van der Waals surface area (Å²) in [5, 5.41) is 11.2. The first-order valence-corrected chi connectivity index (χ1v) is 11.3. The summed E-state index contributed by atoms with van der Waals surface area (Å²) in [6.45, 7) is 2.33. The number of hydrogen-bond donors (Lipinski definition) is 1. The molecule has 5 nitrogen and oxygen atoms in total. The fourth-order valence-corrected chi connectivity index (χ4v) is 6.58. The third kappa shape index (κ3) is 3.17. The van der Waals surface area contributed by atoms with Crippen LogP contribution in [0.1, 0.15) is 23.8 Å². The summed E-state index contributed by atoms with van der Waals surface area (Å²) in [6.07, 6.45) is 4.29. The Hall–Kier alpha value is -1.77.